The molecule has 0 aliphatic heterocycles. The molecule has 24 rings (SSSR count). The van der Waals surface area contributed by atoms with Crippen LogP contribution in [0.5, 0.6) is 0 Å². The fourth-order valence-electron chi connectivity index (χ4n) is 27.5. The van der Waals surface area contributed by atoms with Crippen LogP contribution in [0.2, 0.25) is 0 Å². The zero-order valence-electron chi connectivity index (χ0n) is 83.9. The lowest BCUT2D eigenvalue weighted by Gasteiger charge is -2.42. The first kappa shape index (κ1) is 99.3. The monoisotopic (exact) mass is 1980 g/mol. The number of allylic oxidation sites excluding steroid dienone is 12. The largest absolute Gasteiger partial charge is 0.294 e. The molecule has 4 unspecified atom stereocenters. The number of carbonyl (C=O) groups is 6. The number of fused-ring (bicyclic) bond motifs is 6. The summed E-state index contributed by atoms with van der Waals surface area (Å²) in [6.45, 7) is 26.4. The second-order valence-electron chi connectivity index (χ2n) is 41.6. The lowest BCUT2D eigenvalue weighted by molar-refractivity contribution is -0.118. The van der Waals surface area contributed by atoms with E-state index < -0.39 is 0 Å². The Labute approximate surface area is 857 Å². The van der Waals surface area contributed by atoms with E-state index in [-0.39, 0.29) is 32.5 Å². The number of Topliss-reactive ketones (excluding diaryl/α,β-unsaturated/α-hetero) is 6. The van der Waals surface area contributed by atoms with Crippen LogP contribution in [0.15, 0.2) is 282 Å². The van der Waals surface area contributed by atoms with Gasteiger partial charge in [-0.25, -0.2) is 29.9 Å². The van der Waals surface area contributed by atoms with Crippen molar-refractivity contribution in [3.63, 3.8) is 0 Å². The lowest BCUT2D eigenvalue weighted by Crippen LogP contribution is -2.40. The van der Waals surface area contributed by atoms with Gasteiger partial charge in [-0.2, -0.15) is 0 Å². The van der Waals surface area contributed by atoms with E-state index in [2.05, 4.69) is 259 Å². The van der Waals surface area contributed by atoms with Gasteiger partial charge in [0.05, 0.1) is 99.7 Å². The second-order valence-corrected chi connectivity index (χ2v) is 46.7. The Morgan fingerprint density at radius 3 is 0.532 bits per heavy atom. The highest BCUT2D eigenvalue weighted by Crippen LogP contribution is 2.61. The number of hydrogen-bond donors (Lipinski definition) is 0. The third-order valence-electron chi connectivity index (χ3n) is 33.7. The summed E-state index contributed by atoms with van der Waals surface area (Å²) < 4.78 is 0. The number of aromatic nitrogens is 6. The van der Waals surface area contributed by atoms with Crippen LogP contribution in [0.25, 0.3) is 0 Å². The first-order chi connectivity index (χ1) is 68.6. The standard InChI is InChI=1S/3C21H23NOS.3C20H21NOS/c3*1-3-14-10-15-12-17-20(24-13-22-17)21(4-2,19(15)18(23)11-14)16-8-6-5-7-9-16;3*1-3-20(15-7-5-4-6-8-15)18-14(9-13(2)10-17(18)22)11-16-19(20)23-12-21-16/h3*5-9,13-14H,3-4,10-12H2,1-2H3;3*4-8,12-13H,3,9-11H2,1-2H3/t14-,21+;14-,21-;;13-,20+;13-,20-;/m01.01./s1. The Morgan fingerprint density at radius 2 is 0.376 bits per heavy atom. The minimum Gasteiger partial charge on any atom is -0.294 e. The number of nitrogens with zero attached hydrogens (tertiary/aromatic N) is 6. The van der Waals surface area contributed by atoms with Crippen molar-refractivity contribution in [2.75, 3.05) is 0 Å². The van der Waals surface area contributed by atoms with E-state index in [0.29, 0.717) is 109 Å². The van der Waals surface area contributed by atoms with Gasteiger partial charge in [0.1, 0.15) is 0 Å². The van der Waals surface area contributed by atoms with Gasteiger partial charge in [0, 0.05) is 140 Å². The molecule has 0 spiro atoms. The molecule has 6 heterocycles. The van der Waals surface area contributed by atoms with E-state index in [4.69, 9.17) is 0 Å². The molecular formula is C123H132N6O6S6. The molecule has 6 aromatic carbocycles. The Kier molecular flexibility index (Phi) is 29.4. The Balaban J connectivity index is 0.000000108. The smallest absolute Gasteiger partial charge is 0.160 e. The Hall–Kier alpha value is -10.4. The van der Waals surface area contributed by atoms with Crippen molar-refractivity contribution in [2.45, 2.75) is 289 Å². The number of hydrogen-bond acceptors (Lipinski definition) is 18. The summed E-state index contributed by atoms with van der Waals surface area (Å²) in [5.74, 6) is 5.01. The number of ketones is 6. The normalized spacial score (nSPS) is 26.6. The summed E-state index contributed by atoms with van der Waals surface area (Å²) in [7, 11) is 0. The van der Waals surface area contributed by atoms with Gasteiger partial charge in [0.2, 0.25) is 0 Å². The molecule has 0 saturated carbocycles. The summed E-state index contributed by atoms with van der Waals surface area (Å²) in [5.41, 5.74) is 39.1. The van der Waals surface area contributed by atoms with Crippen molar-refractivity contribution >= 4 is 103 Å². The molecule has 0 bridgehead atoms. The van der Waals surface area contributed by atoms with Crippen molar-refractivity contribution < 1.29 is 28.8 Å². The van der Waals surface area contributed by atoms with E-state index >= 15 is 0 Å². The number of rotatable bonds is 15. The fraction of sp³-hybridized carbons (Fsp3) is 0.415. The van der Waals surface area contributed by atoms with Crippen LogP contribution in [0.4, 0.5) is 0 Å². The van der Waals surface area contributed by atoms with Crippen LogP contribution in [0.3, 0.4) is 0 Å². The Morgan fingerprint density at radius 1 is 0.220 bits per heavy atom. The number of thiazole rings is 6. The highest BCUT2D eigenvalue weighted by Gasteiger charge is 2.56. The first-order valence-electron chi connectivity index (χ1n) is 52.0. The molecule has 141 heavy (non-hydrogen) atoms. The minimum absolute atomic E-state index is 0.289. The number of benzene rings is 6. The average molecular weight is 1980 g/mol. The summed E-state index contributed by atoms with van der Waals surface area (Å²) in [6, 6.07) is 63.4. The molecule has 12 aliphatic carbocycles. The zero-order valence-corrected chi connectivity index (χ0v) is 88.8. The van der Waals surface area contributed by atoms with Crippen molar-refractivity contribution in [1.29, 1.82) is 0 Å². The predicted octanol–water partition coefficient (Wildman–Crippen LogP) is 29.3. The lowest BCUT2D eigenvalue weighted by atomic mass is 9.61. The topological polar surface area (TPSA) is 180 Å². The van der Waals surface area contributed by atoms with Crippen molar-refractivity contribution in [2.24, 2.45) is 35.5 Å². The predicted molar refractivity (Wildman–Crippen MR) is 576 cm³/mol. The van der Waals surface area contributed by atoms with Gasteiger partial charge in [-0.15, -0.1) is 68.0 Å². The molecule has 12 aromatic rings. The van der Waals surface area contributed by atoms with Crippen LogP contribution in [-0.4, -0.2) is 64.6 Å². The minimum atomic E-state index is -0.291. The maximum Gasteiger partial charge on any atom is 0.160 e. The van der Waals surface area contributed by atoms with Gasteiger partial charge in [-0.1, -0.05) is 318 Å². The first-order valence-corrected chi connectivity index (χ1v) is 57.3. The highest BCUT2D eigenvalue weighted by molar-refractivity contribution is 7.11. The fourth-order valence-corrected chi connectivity index (χ4v) is 34.2. The van der Waals surface area contributed by atoms with Gasteiger partial charge in [-0.05, 0) is 146 Å². The molecule has 726 valence electrons. The second kappa shape index (κ2) is 41.7. The van der Waals surface area contributed by atoms with Gasteiger partial charge < -0.3 is 0 Å². The summed E-state index contributed by atoms with van der Waals surface area (Å²) in [4.78, 5) is 114. The third kappa shape index (κ3) is 17.3. The van der Waals surface area contributed by atoms with Crippen molar-refractivity contribution in [1.82, 2.24) is 29.9 Å². The summed E-state index contributed by atoms with van der Waals surface area (Å²) in [5, 5.41) is 0. The molecule has 0 radical (unpaired) electrons. The molecule has 12 aliphatic rings. The Bertz CT molecular complexity index is 6250. The van der Waals surface area contributed by atoms with Gasteiger partial charge in [0.25, 0.3) is 0 Å². The van der Waals surface area contributed by atoms with E-state index in [9.17, 15) is 28.8 Å². The molecule has 18 heteroatoms. The molecule has 0 fully saturated rings. The van der Waals surface area contributed by atoms with E-state index in [1.54, 1.807) is 68.0 Å². The van der Waals surface area contributed by atoms with Crippen LogP contribution >= 0.6 is 68.0 Å². The van der Waals surface area contributed by atoms with Gasteiger partial charge in [-0.3, -0.25) is 28.8 Å². The van der Waals surface area contributed by atoms with Gasteiger partial charge >= 0.3 is 0 Å². The van der Waals surface area contributed by atoms with E-state index in [1.807, 2.05) is 69.5 Å². The average Bonchev–Trinajstić information content (AvgIpc) is 1.65. The highest BCUT2D eigenvalue weighted by atomic mass is 32.1. The maximum atomic E-state index is 13.2. The summed E-state index contributed by atoms with van der Waals surface area (Å²) in [6.07, 6.45) is 24.3. The van der Waals surface area contributed by atoms with E-state index in [0.717, 1.165) is 168 Å². The quantitative estimate of drug-likeness (QED) is 0.0949. The van der Waals surface area contributed by atoms with Crippen LogP contribution in [0.1, 0.15) is 315 Å². The maximum absolute atomic E-state index is 13.2. The van der Waals surface area contributed by atoms with Crippen molar-refractivity contribution in [3.05, 3.63) is 379 Å². The zero-order chi connectivity index (χ0) is 98.3. The van der Waals surface area contributed by atoms with Crippen LogP contribution < -0.4 is 0 Å². The third-order valence-corrected chi connectivity index (χ3v) is 39.9. The van der Waals surface area contributed by atoms with Gasteiger partial charge in [0.15, 0.2) is 34.7 Å². The van der Waals surface area contributed by atoms with Crippen LogP contribution in [-0.2, 0) is 99.8 Å². The molecule has 12 nitrogen and oxygen atoms in total. The SMILES string of the molecule is CCC1(c2ccccc2)C2=C(Cc3ncsc31)CC(C)CC2=O.CCC1CC(=O)C2=C(Cc3ncsc3C2(CC)c2ccccc2)C1.CC[C@@H]1CC(=O)C2=C(Cc3ncsc3[C@]2(CC)c2ccccc2)C1.CC[C@@]1(c2ccccc2)C2=C(Cc3ncsc31)C[C@@H](C)CC2=O.CC[C@@]1(c2ccccc2)C2=C(Cc3ncsc31)C[C@H](C)CC2=O.CC[C@H]1CC(=O)C2=C(Cc3ncsc3[C@]2(CC)c2ccccc2)C1. The molecule has 0 amide bonds. The summed E-state index contributed by atoms with van der Waals surface area (Å²) >= 11 is 10.3. The van der Waals surface area contributed by atoms with Crippen molar-refractivity contribution in [3.8, 4) is 0 Å². The molecule has 12 atom stereocenters. The molecule has 0 saturated heterocycles. The molecule has 6 aromatic heterocycles. The molecular weight excluding hydrogens is 1850 g/mol. The van der Waals surface area contributed by atoms with E-state index in [1.165, 1.54) is 130 Å². The number of carbonyl (C=O) groups excluding carboxylic acids is 6. The molecule has 0 N–H and O–H groups in total. The van der Waals surface area contributed by atoms with Crippen LogP contribution in [0, 0.1) is 35.5 Å².